The van der Waals surface area contributed by atoms with E-state index in [2.05, 4.69) is 5.32 Å². The topological polar surface area (TPSA) is 55.4 Å². The summed E-state index contributed by atoms with van der Waals surface area (Å²) in [6.07, 6.45) is 0.134. The number of nitrogens with one attached hydrogen (secondary N) is 1. The molecule has 0 aliphatic heterocycles. The van der Waals surface area contributed by atoms with Gasteiger partial charge < -0.3 is 10.1 Å². The number of Topliss-reactive ketones (excluding diaryl/α,β-unsaturated/α-hetero) is 1. The number of halogens is 1. The second-order valence-electron chi connectivity index (χ2n) is 6.23. The van der Waals surface area contributed by atoms with Crippen LogP contribution in [0.1, 0.15) is 23.2 Å². The molecule has 0 unspecified atom stereocenters. The number of carbonyl (C=O) groups excluding carboxylic acids is 2. The lowest BCUT2D eigenvalue weighted by Gasteiger charge is -2.11. The van der Waals surface area contributed by atoms with Gasteiger partial charge in [-0.15, -0.1) is 0 Å². The van der Waals surface area contributed by atoms with Crippen molar-refractivity contribution in [1.29, 1.82) is 0 Å². The van der Waals surface area contributed by atoms with E-state index in [0.717, 1.165) is 15.5 Å². The lowest BCUT2D eigenvalue weighted by Crippen LogP contribution is -2.14. The molecule has 0 spiro atoms. The zero-order valence-corrected chi connectivity index (χ0v) is 17.4. The summed E-state index contributed by atoms with van der Waals surface area (Å²) in [4.78, 5) is 27.0. The molecule has 4 nitrogen and oxygen atoms in total. The number of amides is 1. The molecule has 0 aromatic heterocycles. The first-order chi connectivity index (χ1) is 14.1. The number of hydrogen-bond donors (Lipinski definition) is 1. The summed E-state index contributed by atoms with van der Waals surface area (Å²) in [5.41, 5.74) is 1.10. The number of para-hydroxylation sites is 1. The molecular formula is C23H20ClNO3S. The summed E-state index contributed by atoms with van der Waals surface area (Å²) in [7, 11) is 1.49. The number of carbonyl (C=O) groups is 2. The standard InChI is InChI=1S/C23H20ClNO3S/c1-28-21-13-11-16(24)15-18(21)20(26)12-14-23(27)25-19-9-5-6-10-22(19)29-17-7-3-2-4-8-17/h2-11,13,15H,12,14H2,1H3,(H,25,27). The summed E-state index contributed by atoms with van der Waals surface area (Å²) in [6.45, 7) is 0. The van der Waals surface area contributed by atoms with Gasteiger partial charge in [0.05, 0.1) is 18.4 Å². The van der Waals surface area contributed by atoms with E-state index in [9.17, 15) is 9.59 Å². The molecule has 0 saturated heterocycles. The monoisotopic (exact) mass is 425 g/mol. The summed E-state index contributed by atoms with van der Waals surface area (Å²) in [5.74, 6) is 0.0383. The lowest BCUT2D eigenvalue weighted by molar-refractivity contribution is -0.116. The smallest absolute Gasteiger partial charge is 0.224 e. The van der Waals surface area contributed by atoms with Gasteiger partial charge >= 0.3 is 0 Å². The lowest BCUT2D eigenvalue weighted by atomic mass is 10.1. The van der Waals surface area contributed by atoms with Crippen molar-refractivity contribution in [2.45, 2.75) is 22.6 Å². The molecule has 148 valence electrons. The molecule has 0 saturated carbocycles. The van der Waals surface area contributed by atoms with Crippen LogP contribution in [0, 0.1) is 0 Å². The van der Waals surface area contributed by atoms with E-state index in [0.29, 0.717) is 16.3 Å². The molecule has 1 N–H and O–H groups in total. The average molecular weight is 426 g/mol. The molecule has 0 radical (unpaired) electrons. The number of rotatable bonds is 8. The van der Waals surface area contributed by atoms with E-state index in [1.54, 1.807) is 30.0 Å². The highest BCUT2D eigenvalue weighted by molar-refractivity contribution is 7.99. The average Bonchev–Trinajstić information content (AvgIpc) is 2.74. The minimum Gasteiger partial charge on any atom is -0.496 e. The van der Waals surface area contributed by atoms with Crippen molar-refractivity contribution in [2.24, 2.45) is 0 Å². The molecule has 0 heterocycles. The van der Waals surface area contributed by atoms with Crippen molar-refractivity contribution in [3.63, 3.8) is 0 Å². The molecule has 3 rings (SSSR count). The van der Waals surface area contributed by atoms with Crippen LogP contribution in [0.2, 0.25) is 5.02 Å². The number of hydrogen-bond acceptors (Lipinski definition) is 4. The number of methoxy groups -OCH3 is 1. The molecule has 6 heteroatoms. The molecule has 0 bridgehead atoms. The van der Waals surface area contributed by atoms with Gasteiger partial charge in [0.1, 0.15) is 5.75 Å². The maximum absolute atomic E-state index is 12.5. The molecule has 1 amide bonds. The first kappa shape index (κ1) is 21.0. The second kappa shape index (κ2) is 10.1. The molecule has 0 aliphatic rings. The van der Waals surface area contributed by atoms with Crippen LogP contribution in [0.5, 0.6) is 5.75 Å². The Bertz CT molecular complexity index is 1010. The summed E-state index contributed by atoms with van der Waals surface area (Å²) in [6, 6.07) is 22.4. The molecule has 0 fully saturated rings. The highest BCUT2D eigenvalue weighted by Crippen LogP contribution is 2.33. The zero-order chi connectivity index (χ0) is 20.6. The molecule has 0 aliphatic carbocycles. The van der Waals surface area contributed by atoms with Crippen molar-refractivity contribution in [3.05, 3.63) is 83.4 Å². The number of ketones is 1. The fourth-order valence-corrected chi connectivity index (χ4v) is 3.84. The molecule has 3 aromatic carbocycles. The third kappa shape index (κ3) is 5.86. The summed E-state index contributed by atoms with van der Waals surface area (Å²) < 4.78 is 5.21. The minimum absolute atomic E-state index is 0.0660. The molecule has 0 atom stereocenters. The van der Waals surface area contributed by atoms with E-state index < -0.39 is 0 Å². The third-order valence-corrected chi connectivity index (χ3v) is 5.49. The van der Waals surface area contributed by atoms with E-state index in [-0.39, 0.29) is 24.5 Å². The first-order valence-electron chi connectivity index (χ1n) is 9.05. The maximum Gasteiger partial charge on any atom is 0.224 e. The van der Waals surface area contributed by atoms with Gasteiger partial charge in [-0.1, -0.05) is 53.7 Å². The van der Waals surface area contributed by atoms with Crippen LogP contribution in [0.15, 0.2) is 82.6 Å². The molecular weight excluding hydrogens is 406 g/mol. The second-order valence-corrected chi connectivity index (χ2v) is 7.78. The number of anilines is 1. The van der Waals surface area contributed by atoms with E-state index in [1.165, 1.54) is 7.11 Å². The van der Waals surface area contributed by atoms with Gasteiger partial charge in [-0.25, -0.2) is 0 Å². The van der Waals surface area contributed by atoms with E-state index >= 15 is 0 Å². The highest BCUT2D eigenvalue weighted by atomic mass is 35.5. The normalized spacial score (nSPS) is 10.4. The Morgan fingerprint density at radius 3 is 2.45 bits per heavy atom. The van der Waals surface area contributed by atoms with Crippen LogP contribution in [0.25, 0.3) is 0 Å². The Morgan fingerprint density at radius 1 is 0.966 bits per heavy atom. The van der Waals surface area contributed by atoms with Crippen molar-refractivity contribution in [1.82, 2.24) is 0 Å². The van der Waals surface area contributed by atoms with Gasteiger partial charge in [0.2, 0.25) is 5.91 Å². The van der Waals surface area contributed by atoms with E-state index in [4.69, 9.17) is 16.3 Å². The van der Waals surface area contributed by atoms with Crippen molar-refractivity contribution >= 4 is 40.7 Å². The van der Waals surface area contributed by atoms with Crippen LogP contribution >= 0.6 is 23.4 Å². The third-order valence-electron chi connectivity index (χ3n) is 4.17. The largest absolute Gasteiger partial charge is 0.496 e. The Kier molecular flexibility index (Phi) is 7.33. The first-order valence-corrected chi connectivity index (χ1v) is 10.2. The Hall–Kier alpha value is -2.76. The summed E-state index contributed by atoms with van der Waals surface area (Å²) >= 11 is 7.55. The van der Waals surface area contributed by atoms with Crippen LogP contribution < -0.4 is 10.1 Å². The van der Waals surface area contributed by atoms with Crippen LogP contribution in [0.4, 0.5) is 5.69 Å². The Balaban J connectivity index is 1.63. The molecule has 3 aromatic rings. The van der Waals surface area contributed by atoms with Crippen molar-refractivity contribution in [3.8, 4) is 5.75 Å². The van der Waals surface area contributed by atoms with Crippen molar-refractivity contribution in [2.75, 3.05) is 12.4 Å². The predicted molar refractivity (Wildman–Crippen MR) is 117 cm³/mol. The maximum atomic E-state index is 12.5. The Morgan fingerprint density at radius 2 is 1.69 bits per heavy atom. The Labute approximate surface area is 179 Å². The minimum atomic E-state index is -0.222. The fourth-order valence-electron chi connectivity index (χ4n) is 2.75. The van der Waals surface area contributed by atoms with Crippen LogP contribution in [0.3, 0.4) is 0 Å². The van der Waals surface area contributed by atoms with Gasteiger partial charge in [0.25, 0.3) is 0 Å². The van der Waals surface area contributed by atoms with Gasteiger partial charge in [-0.05, 0) is 42.5 Å². The van der Waals surface area contributed by atoms with Crippen molar-refractivity contribution < 1.29 is 14.3 Å². The van der Waals surface area contributed by atoms with Crippen LogP contribution in [-0.2, 0) is 4.79 Å². The molecule has 29 heavy (non-hydrogen) atoms. The fraction of sp³-hybridized carbons (Fsp3) is 0.130. The van der Waals surface area contributed by atoms with Gasteiger partial charge in [-0.3, -0.25) is 9.59 Å². The van der Waals surface area contributed by atoms with Gasteiger partial charge in [0.15, 0.2) is 5.78 Å². The van der Waals surface area contributed by atoms with E-state index in [1.807, 2.05) is 54.6 Å². The number of ether oxygens (including phenoxy) is 1. The quantitative estimate of drug-likeness (QED) is 0.443. The highest BCUT2D eigenvalue weighted by Gasteiger charge is 2.15. The summed E-state index contributed by atoms with van der Waals surface area (Å²) in [5, 5.41) is 3.36. The SMILES string of the molecule is COc1ccc(Cl)cc1C(=O)CCC(=O)Nc1ccccc1Sc1ccccc1. The number of benzene rings is 3. The van der Waals surface area contributed by atoms with Gasteiger partial charge in [0, 0.05) is 27.7 Å². The zero-order valence-electron chi connectivity index (χ0n) is 15.9. The predicted octanol–water partition coefficient (Wildman–Crippen LogP) is 6.10. The van der Waals surface area contributed by atoms with Gasteiger partial charge in [-0.2, -0.15) is 0 Å². The van der Waals surface area contributed by atoms with Crippen LogP contribution in [-0.4, -0.2) is 18.8 Å².